The fourth-order valence-corrected chi connectivity index (χ4v) is 4.97. The average Bonchev–Trinajstić information content (AvgIpc) is 3.28. The molecule has 2 N–H and O–H groups in total. The van der Waals surface area contributed by atoms with Crippen molar-refractivity contribution in [2.24, 2.45) is 5.92 Å². The van der Waals surface area contributed by atoms with Crippen molar-refractivity contribution in [3.63, 3.8) is 0 Å². The summed E-state index contributed by atoms with van der Waals surface area (Å²) in [6.07, 6.45) is 3.05. The molecule has 3 aromatic rings. The molecule has 0 aromatic heterocycles. The number of nitrogens with one attached hydrogen (secondary N) is 2. The van der Waals surface area contributed by atoms with Crippen molar-refractivity contribution in [2.45, 2.75) is 38.4 Å². The van der Waals surface area contributed by atoms with E-state index in [-0.39, 0.29) is 23.9 Å². The molecule has 2 atom stereocenters. The van der Waals surface area contributed by atoms with Crippen molar-refractivity contribution in [1.82, 2.24) is 4.90 Å². The summed E-state index contributed by atoms with van der Waals surface area (Å²) in [4.78, 5) is 29.6. The Morgan fingerprint density at radius 2 is 1.71 bits per heavy atom. The number of carbonyl (C=O) groups is 2. The van der Waals surface area contributed by atoms with E-state index in [1.165, 1.54) is 0 Å². The molecule has 1 aliphatic heterocycles. The molecule has 6 heteroatoms. The molecule has 0 spiro atoms. The number of carbonyl (C=O) groups excluding carboxylic acids is 2. The van der Waals surface area contributed by atoms with Crippen molar-refractivity contribution in [3.05, 3.63) is 90.0 Å². The van der Waals surface area contributed by atoms with Crippen LogP contribution in [0.4, 0.5) is 21.9 Å². The Kier molecular flexibility index (Phi) is 6.21. The van der Waals surface area contributed by atoms with E-state index in [0.717, 1.165) is 47.5 Å². The SMILES string of the molecule is CN(Cc1ccccc1)C(=O)Nc1ccc(CN2C(=O)[C@H]3CCC[C@H]3Nc3ccccc32)cc1. The van der Waals surface area contributed by atoms with Crippen LogP contribution in [0.15, 0.2) is 78.9 Å². The molecular weight excluding hydrogens is 424 g/mol. The van der Waals surface area contributed by atoms with E-state index < -0.39 is 0 Å². The van der Waals surface area contributed by atoms with Crippen molar-refractivity contribution < 1.29 is 9.59 Å². The van der Waals surface area contributed by atoms with Crippen LogP contribution >= 0.6 is 0 Å². The largest absolute Gasteiger partial charge is 0.380 e. The minimum absolute atomic E-state index is 0.0195. The number of fused-ring (bicyclic) bond motifs is 2. The Morgan fingerprint density at radius 3 is 2.50 bits per heavy atom. The molecule has 6 nitrogen and oxygen atoms in total. The number of hydrogen-bond donors (Lipinski definition) is 2. The van der Waals surface area contributed by atoms with Gasteiger partial charge in [0.15, 0.2) is 0 Å². The maximum atomic E-state index is 13.5. The quantitative estimate of drug-likeness (QED) is 0.537. The molecule has 3 amide bonds. The second kappa shape index (κ2) is 9.59. The van der Waals surface area contributed by atoms with Gasteiger partial charge in [-0.2, -0.15) is 0 Å². The van der Waals surface area contributed by atoms with Gasteiger partial charge in [-0.1, -0.05) is 61.0 Å². The van der Waals surface area contributed by atoms with Crippen LogP contribution in [0.25, 0.3) is 0 Å². The van der Waals surface area contributed by atoms with Crippen molar-refractivity contribution in [2.75, 3.05) is 22.6 Å². The molecule has 5 rings (SSSR count). The van der Waals surface area contributed by atoms with Gasteiger partial charge in [0.2, 0.25) is 5.91 Å². The first kappa shape index (κ1) is 22.0. The zero-order valence-corrected chi connectivity index (χ0v) is 19.4. The second-order valence-corrected chi connectivity index (χ2v) is 9.20. The van der Waals surface area contributed by atoms with Crippen LogP contribution in [-0.2, 0) is 17.9 Å². The fraction of sp³-hybridized carbons (Fsp3) is 0.286. The van der Waals surface area contributed by atoms with Gasteiger partial charge in [0, 0.05) is 25.3 Å². The maximum absolute atomic E-state index is 13.5. The summed E-state index contributed by atoms with van der Waals surface area (Å²) in [7, 11) is 1.78. The zero-order chi connectivity index (χ0) is 23.5. The Hall–Kier alpha value is -3.80. The molecular formula is C28H30N4O2. The molecule has 174 valence electrons. The third-order valence-electron chi connectivity index (χ3n) is 6.79. The first-order valence-corrected chi connectivity index (χ1v) is 11.9. The minimum Gasteiger partial charge on any atom is -0.380 e. The lowest BCUT2D eigenvalue weighted by Crippen LogP contribution is -2.38. The highest BCUT2D eigenvalue weighted by Gasteiger charge is 2.39. The van der Waals surface area contributed by atoms with Crippen LogP contribution in [0, 0.1) is 5.92 Å². The first-order valence-electron chi connectivity index (χ1n) is 11.9. The summed E-state index contributed by atoms with van der Waals surface area (Å²) in [5.41, 5.74) is 4.79. The van der Waals surface area contributed by atoms with E-state index in [9.17, 15) is 9.59 Å². The number of nitrogens with zero attached hydrogens (tertiary/aromatic N) is 2. The van der Waals surface area contributed by atoms with Crippen molar-refractivity contribution in [1.29, 1.82) is 0 Å². The minimum atomic E-state index is -0.161. The Labute approximate surface area is 200 Å². The van der Waals surface area contributed by atoms with E-state index in [1.54, 1.807) is 11.9 Å². The Morgan fingerprint density at radius 1 is 0.971 bits per heavy atom. The van der Waals surface area contributed by atoms with Gasteiger partial charge in [0.25, 0.3) is 0 Å². The molecule has 0 saturated heterocycles. The summed E-state index contributed by atoms with van der Waals surface area (Å²) >= 11 is 0. The van der Waals surface area contributed by atoms with E-state index in [0.29, 0.717) is 13.1 Å². The number of urea groups is 1. The van der Waals surface area contributed by atoms with Crippen LogP contribution < -0.4 is 15.5 Å². The topological polar surface area (TPSA) is 64.7 Å². The smallest absolute Gasteiger partial charge is 0.321 e. The highest BCUT2D eigenvalue weighted by Crippen LogP contribution is 2.39. The van der Waals surface area contributed by atoms with Crippen molar-refractivity contribution >= 4 is 29.0 Å². The Bertz CT molecular complexity index is 1160. The number of rotatable bonds is 5. The van der Waals surface area contributed by atoms with Crippen LogP contribution in [0.3, 0.4) is 0 Å². The number of anilines is 3. The Balaban J connectivity index is 1.27. The lowest BCUT2D eigenvalue weighted by molar-refractivity contribution is -0.122. The molecule has 1 heterocycles. The van der Waals surface area contributed by atoms with Gasteiger partial charge in [-0.25, -0.2) is 4.79 Å². The number of benzene rings is 3. The van der Waals surface area contributed by atoms with Gasteiger partial charge >= 0.3 is 6.03 Å². The monoisotopic (exact) mass is 454 g/mol. The number of hydrogen-bond acceptors (Lipinski definition) is 3. The highest BCUT2D eigenvalue weighted by molar-refractivity contribution is 6.00. The third-order valence-corrected chi connectivity index (χ3v) is 6.79. The lowest BCUT2D eigenvalue weighted by Gasteiger charge is -2.25. The number of amides is 3. The molecule has 1 saturated carbocycles. The normalized spacial score (nSPS) is 19.0. The van der Waals surface area contributed by atoms with Crippen LogP contribution in [0.1, 0.15) is 30.4 Å². The highest BCUT2D eigenvalue weighted by atomic mass is 16.2. The second-order valence-electron chi connectivity index (χ2n) is 9.20. The van der Waals surface area contributed by atoms with E-state index >= 15 is 0 Å². The summed E-state index contributed by atoms with van der Waals surface area (Å²) in [5.74, 6) is 0.214. The molecule has 1 aliphatic carbocycles. The van der Waals surface area contributed by atoms with Gasteiger partial charge in [-0.15, -0.1) is 0 Å². The van der Waals surface area contributed by atoms with E-state index in [1.807, 2.05) is 77.7 Å². The molecule has 1 fully saturated rings. The summed E-state index contributed by atoms with van der Waals surface area (Å²) < 4.78 is 0. The predicted molar refractivity (Wildman–Crippen MR) is 136 cm³/mol. The van der Waals surface area contributed by atoms with Crippen LogP contribution in [-0.4, -0.2) is 29.9 Å². The average molecular weight is 455 g/mol. The fourth-order valence-electron chi connectivity index (χ4n) is 4.97. The first-order chi connectivity index (χ1) is 16.6. The predicted octanol–water partition coefficient (Wildman–Crippen LogP) is 5.48. The van der Waals surface area contributed by atoms with Gasteiger partial charge in [-0.05, 0) is 48.2 Å². The lowest BCUT2D eigenvalue weighted by atomic mass is 10.0. The zero-order valence-electron chi connectivity index (χ0n) is 19.4. The molecule has 0 unspecified atom stereocenters. The number of para-hydroxylation sites is 2. The summed E-state index contributed by atoms with van der Waals surface area (Å²) in [5, 5.41) is 6.57. The maximum Gasteiger partial charge on any atom is 0.321 e. The summed E-state index contributed by atoms with van der Waals surface area (Å²) in [6, 6.07) is 25.8. The third kappa shape index (κ3) is 4.62. The summed E-state index contributed by atoms with van der Waals surface area (Å²) in [6.45, 7) is 1.04. The van der Waals surface area contributed by atoms with Crippen molar-refractivity contribution in [3.8, 4) is 0 Å². The molecule has 0 radical (unpaired) electrons. The van der Waals surface area contributed by atoms with Gasteiger partial charge < -0.3 is 20.4 Å². The molecule has 2 aliphatic rings. The van der Waals surface area contributed by atoms with Gasteiger partial charge in [0.1, 0.15) is 0 Å². The van der Waals surface area contributed by atoms with Crippen LogP contribution in [0.2, 0.25) is 0 Å². The van der Waals surface area contributed by atoms with E-state index in [2.05, 4.69) is 16.7 Å². The van der Waals surface area contributed by atoms with E-state index in [4.69, 9.17) is 0 Å². The van der Waals surface area contributed by atoms with Gasteiger partial charge in [0.05, 0.1) is 23.8 Å². The molecule has 0 bridgehead atoms. The molecule has 34 heavy (non-hydrogen) atoms. The van der Waals surface area contributed by atoms with Crippen LogP contribution in [0.5, 0.6) is 0 Å². The van der Waals surface area contributed by atoms with Gasteiger partial charge in [-0.3, -0.25) is 4.79 Å². The standard InChI is InChI=1S/C28H30N4O2/c1-31(18-20-8-3-2-4-9-20)28(34)29-22-16-14-21(15-17-22)19-32-26-13-6-5-11-25(26)30-24-12-7-10-23(24)27(32)33/h2-6,8-9,11,13-17,23-24,30H,7,10,12,18-19H2,1H3,(H,29,34)/t23-,24+/m0/s1. The molecule has 3 aromatic carbocycles.